The van der Waals surface area contributed by atoms with Crippen molar-refractivity contribution in [3.05, 3.63) is 47.6 Å². The van der Waals surface area contributed by atoms with E-state index in [9.17, 15) is 0 Å². The van der Waals surface area contributed by atoms with Crippen molar-refractivity contribution in [2.45, 2.75) is 50.5 Å². The van der Waals surface area contributed by atoms with Gasteiger partial charge in [-0.05, 0) is 24.8 Å². The minimum atomic E-state index is -0.122. The van der Waals surface area contributed by atoms with E-state index in [1.807, 2.05) is 6.07 Å². The third-order valence-corrected chi connectivity index (χ3v) is 4.09. The van der Waals surface area contributed by atoms with Crippen molar-refractivity contribution in [1.82, 2.24) is 10.1 Å². The van der Waals surface area contributed by atoms with Crippen LogP contribution in [0.4, 0.5) is 0 Å². The summed E-state index contributed by atoms with van der Waals surface area (Å²) in [6.07, 6.45) is 7.02. The molecular formula is C16H21N3O. The lowest BCUT2D eigenvalue weighted by molar-refractivity contribution is 0.327. The van der Waals surface area contributed by atoms with E-state index in [2.05, 4.69) is 34.4 Å². The Balaban J connectivity index is 1.57. The molecule has 0 radical (unpaired) electrons. The van der Waals surface area contributed by atoms with Gasteiger partial charge in [0.25, 0.3) is 0 Å². The van der Waals surface area contributed by atoms with E-state index in [4.69, 9.17) is 10.3 Å². The summed E-state index contributed by atoms with van der Waals surface area (Å²) in [6, 6.07) is 10.4. The predicted molar refractivity (Wildman–Crippen MR) is 77.2 cm³/mol. The van der Waals surface area contributed by atoms with Crippen molar-refractivity contribution in [2.24, 2.45) is 5.73 Å². The molecule has 0 aliphatic heterocycles. The molecule has 1 aliphatic rings. The number of benzene rings is 1. The predicted octanol–water partition coefficient (Wildman–Crippen LogP) is 2.67. The summed E-state index contributed by atoms with van der Waals surface area (Å²) in [5.74, 6) is 1.47. The van der Waals surface area contributed by atoms with Crippen LogP contribution in [0.25, 0.3) is 0 Å². The number of rotatable bonds is 5. The van der Waals surface area contributed by atoms with Crippen LogP contribution in [0, 0.1) is 0 Å². The molecule has 1 fully saturated rings. The highest BCUT2D eigenvalue weighted by atomic mass is 16.5. The first-order valence-electron chi connectivity index (χ1n) is 7.38. The summed E-state index contributed by atoms with van der Waals surface area (Å²) in [5.41, 5.74) is 7.51. The van der Waals surface area contributed by atoms with Crippen LogP contribution >= 0.6 is 0 Å². The van der Waals surface area contributed by atoms with Crippen LogP contribution in [0.15, 0.2) is 34.9 Å². The van der Waals surface area contributed by atoms with Gasteiger partial charge in [0, 0.05) is 18.4 Å². The first kappa shape index (κ1) is 13.3. The summed E-state index contributed by atoms with van der Waals surface area (Å²) in [7, 11) is 0. The van der Waals surface area contributed by atoms with Gasteiger partial charge in [0.2, 0.25) is 5.89 Å². The van der Waals surface area contributed by atoms with Gasteiger partial charge in [-0.1, -0.05) is 48.3 Å². The highest BCUT2D eigenvalue weighted by molar-refractivity contribution is 5.15. The topological polar surface area (TPSA) is 64.9 Å². The van der Waals surface area contributed by atoms with Crippen molar-refractivity contribution in [1.29, 1.82) is 0 Å². The van der Waals surface area contributed by atoms with Crippen LogP contribution in [-0.2, 0) is 19.3 Å². The molecule has 1 aromatic carbocycles. The number of nitrogens with two attached hydrogens (primary N) is 1. The summed E-state index contributed by atoms with van der Waals surface area (Å²) in [4.78, 5) is 4.48. The molecule has 0 saturated heterocycles. The lowest BCUT2D eigenvalue weighted by atomic mass is 9.95. The maximum atomic E-state index is 6.34. The van der Waals surface area contributed by atoms with Crippen LogP contribution in [0.2, 0.25) is 0 Å². The van der Waals surface area contributed by atoms with Gasteiger partial charge in [0.1, 0.15) is 0 Å². The van der Waals surface area contributed by atoms with Crippen molar-refractivity contribution in [2.75, 3.05) is 0 Å². The Kier molecular flexibility index (Phi) is 3.83. The molecule has 2 N–H and O–H groups in total. The van der Waals surface area contributed by atoms with E-state index in [0.717, 1.165) is 31.5 Å². The SMILES string of the molecule is NC1(Cc2nc(CCc3ccccc3)no2)CCCC1. The van der Waals surface area contributed by atoms with Gasteiger partial charge in [-0.15, -0.1) is 0 Å². The van der Waals surface area contributed by atoms with E-state index in [1.54, 1.807) is 0 Å². The van der Waals surface area contributed by atoms with Gasteiger partial charge in [-0.3, -0.25) is 0 Å². The number of hydrogen-bond acceptors (Lipinski definition) is 4. The molecule has 2 aromatic rings. The average molecular weight is 271 g/mol. The normalized spacial score (nSPS) is 17.4. The molecule has 1 aromatic heterocycles. The second-order valence-electron chi connectivity index (χ2n) is 5.84. The second kappa shape index (κ2) is 5.75. The minimum Gasteiger partial charge on any atom is -0.339 e. The molecule has 106 valence electrons. The van der Waals surface area contributed by atoms with E-state index in [1.165, 1.54) is 18.4 Å². The standard InChI is InChI=1S/C16H21N3O/c17-16(10-4-5-11-16)12-15-18-14(19-20-15)9-8-13-6-2-1-3-7-13/h1-3,6-7H,4-5,8-12,17H2. The fourth-order valence-electron chi connectivity index (χ4n) is 2.92. The number of hydrogen-bond donors (Lipinski definition) is 1. The lowest BCUT2D eigenvalue weighted by Gasteiger charge is -2.20. The van der Waals surface area contributed by atoms with Crippen LogP contribution in [0.3, 0.4) is 0 Å². The van der Waals surface area contributed by atoms with Gasteiger partial charge in [-0.2, -0.15) is 4.98 Å². The van der Waals surface area contributed by atoms with E-state index in [-0.39, 0.29) is 5.54 Å². The average Bonchev–Trinajstić information content (AvgIpc) is 3.07. The van der Waals surface area contributed by atoms with Gasteiger partial charge in [0.15, 0.2) is 5.82 Å². The summed E-state index contributed by atoms with van der Waals surface area (Å²) >= 11 is 0. The molecule has 4 nitrogen and oxygen atoms in total. The fraction of sp³-hybridized carbons (Fsp3) is 0.500. The molecule has 1 saturated carbocycles. The maximum Gasteiger partial charge on any atom is 0.228 e. The molecule has 3 rings (SSSR count). The first-order chi connectivity index (χ1) is 9.73. The molecule has 0 bridgehead atoms. The van der Waals surface area contributed by atoms with E-state index in [0.29, 0.717) is 12.3 Å². The largest absolute Gasteiger partial charge is 0.339 e. The summed E-state index contributed by atoms with van der Waals surface area (Å²) in [6.45, 7) is 0. The van der Waals surface area contributed by atoms with Gasteiger partial charge in [-0.25, -0.2) is 0 Å². The molecule has 0 unspecified atom stereocenters. The molecular weight excluding hydrogens is 250 g/mol. The number of aromatic nitrogens is 2. The summed E-state index contributed by atoms with van der Waals surface area (Å²) in [5, 5.41) is 4.06. The maximum absolute atomic E-state index is 6.34. The van der Waals surface area contributed by atoms with E-state index < -0.39 is 0 Å². The third kappa shape index (κ3) is 3.25. The van der Waals surface area contributed by atoms with Crippen LogP contribution < -0.4 is 5.73 Å². The number of nitrogens with zero attached hydrogens (tertiary/aromatic N) is 2. The lowest BCUT2D eigenvalue weighted by Crippen LogP contribution is -2.38. The fourth-order valence-corrected chi connectivity index (χ4v) is 2.92. The molecule has 20 heavy (non-hydrogen) atoms. The molecule has 0 spiro atoms. The number of aryl methyl sites for hydroxylation is 2. The Labute approximate surface area is 119 Å². The van der Waals surface area contributed by atoms with Crippen molar-refractivity contribution < 1.29 is 4.52 Å². The van der Waals surface area contributed by atoms with Gasteiger partial charge in [0.05, 0.1) is 0 Å². The monoisotopic (exact) mass is 271 g/mol. The Bertz CT molecular complexity index is 544. The molecule has 0 atom stereocenters. The zero-order valence-corrected chi connectivity index (χ0v) is 11.7. The van der Waals surface area contributed by atoms with Crippen molar-refractivity contribution >= 4 is 0 Å². The zero-order valence-electron chi connectivity index (χ0n) is 11.7. The highest BCUT2D eigenvalue weighted by Gasteiger charge is 2.31. The van der Waals surface area contributed by atoms with Gasteiger partial charge < -0.3 is 10.3 Å². The molecule has 4 heteroatoms. The van der Waals surface area contributed by atoms with Gasteiger partial charge >= 0.3 is 0 Å². The molecule has 1 aliphatic carbocycles. The zero-order chi connectivity index (χ0) is 13.8. The molecule has 0 amide bonds. The Morgan fingerprint density at radius 2 is 1.85 bits per heavy atom. The van der Waals surface area contributed by atoms with Crippen LogP contribution in [-0.4, -0.2) is 15.7 Å². The van der Waals surface area contributed by atoms with Crippen LogP contribution in [0.1, 0.15) is 43.0 Å². The Morgan fingerprint density at radius 3 is 2.60 bits per heavy atom. The third-order valence-electron chi connectivity index (χ3n) is 4.09. The highest BCUT2D eigenvalue weighted by Crippen LogP contribution is 2.29. The van der Waals surface area contributed by atoms with Crippen molar-refractivity contribution in [3.63, 3.8) is 0 Å². The molecule has 1 heterocycles. The van der Waals surface area contributed by atoms with E-state index >= 15 is 0 Å². The second-order valence-corrected chi connectivity index (χ2v) is 5.84. The smallest absolute Gasteiger partial charge is 0.228 e. The summed E-state index contributed by atoms with van der Waals surface area (Å²) < 4.78 is 5.34. The quantitative estimate of drug-likeness (QED) is 0.908. The van der Waals surface area contributed by atoms with Crippen LogP contribution in [0.5, 0.6) is 0 Å². The minimum absolute atomic E-state index is 0.122. The van der Waals surface area contributed by atoms with Crippen molar-refractivity contribution in [3.8, 4) is 0 Å². The first-order valence-corrected chi connectivity index (χ1v) is 7.38. The Morgan fingerprint density at radius 1 is 1.10 bits per heavy atom. The Hall–Kier alpha value is -1.68.